The summed E-state index contributed by atoms with van der Waals surface area (Å²) >= 11 is 0. The Kier molecular flexibility index (Phi) is 4.46. The molecule has 0 bridgehead atoms. The third-order valence-corrected chi connectivity index (χ3v) is 5.91. The minimum absolute atomic E-state index is 0.0505. The van der Waals surface area contributed by atoms with E-state index in [0.717, 1.165) is 10.9 Å². The number of nitriles is 2. The molecule has 1 fully saturated rings. The van der Waals surface area contributed by atoms with Crippen molar-refractivity contribution in [3.8, 4) is 34.8 Å². The number of fused-ring (bicyclic) bond motifs is 1. The number of aromatic nitrogens is 6. The summed E-state index contributed by atoms with van der Waals surface area (Å²) < 4.78 is 1.81. The number of nitrogens with zero attached hydrogens (tertiary/aromatic N) is 7. The topological polar surface area (TPSA) is 140 Å². The summed E-state index contributed by atoms with van der Waals surface area (Å²) in [7, 11) is 0. The van der Waals surface area contributed by atoms with Crippen LogP contribution in [0.3, 0.4) is 0 Å². The highest BCUT2D eigenvalue weighted by molar-refractivity contribution is 5.93. The Hall–Kier alpha value is -4.08. The first-order valence-corrected chi connectivity index (χ1v) is 9.90. The van der Waals surface area contributed by atoms with E-state index in [9.17, 15) is 15.6 Å². The van der Waals surface area contributed by atoms with Crippen molar-refractivity contribution < 1.29 is 5.11 Å². The summed E-state index contributed by atoms with van der Waals surface area (Å²) in [5.74, 6) is -0.0505. The average molecular weight is 410 g/mol. The summed E-state index contributed by atoms with van der Waals surface area (Å²) in [5.41, 5.74) is 3.53. The first-order valence-electron chi connectivity index (χ1n) is 9.90. The van der Waals surface area contributed by atoms with Gasteiger partial charge in [0.1, 0.15) is 11.4 Å². The Labute approximate surface area is 177 Å². The van der Waals surface area contributed by atoms with Crippen LogP contribution in [0.15, 0.2) is 42.9 Å². The van der Waals surface area contributed by atoms with Gasteiger partial charge in [0.15, 0.2) is 0 Å². The van der Waals surface area contributed by atoms with Crippen LogP contribution in [-0.2, 0) is 12.1 Å². The van der Waals surface area contributed by atoms with Crippen molar-refractivity contribution in [3.63, 3.8) is 0 Å². The van der Waals surface area contributed by atoms with Crippen LogP contribution in [-0.4, -0.2) is 35.1 Å². The molecule has 5 rings (SSSR count). The van der Waals surface area contributed by atoms with Crippen molar-refractivity contribution >= 4 is 10.9 Å². The minimum atomic E-state index is -0.451. The fourth-order valence-electron chi connectivity index (χ4n) is 4.29. The number of hydrogen-bond donors (Lipinski definition) is 2. The van der Waals surface area contributed by atoms with Gasteiger partial charge in [0.05, 0.1) is 59.7 Å². The third-order valence-electron chi connectivity index (χ3n) is 5.91. The SMILES string of the molecule is N#CCC1(n2ccc(-c3nc(-c4cn[nH]c4CO)cc4ncccc34)n2)CC(C#N)C1. The number of H-pyrrole nitrogens is 1. The van der Waals surface area contributed by atoms with Gasteiger partial charge in [-0.2, -0.15) is 20.7 Å². The fraction of sp³-hybridized carbons (Fsp3) is 0.273. The van der Waals surface area contributed by atoms with E-state index in [-0.39, 0.29) is 12.5 Å². The lowest BCUT2D eigenvalue weighted by Crippen LogP contribution is -2.46. The normalized spacial score (nSPS) is 20.2. The van der Waals surface area contributed by atoms with E-state index in [1.54, 1.807) is 12.4 Å². The van der Waals surface area contributed by atoms with Gasteiger partial charge >= 0.3 is 0 Å². The van der Waals surface area contributed by atoms with Crippen LogP contribution in [0.1, 0.15) is 25.0 Å². The number of aliphatic hydroxyl groups excluding tert-OH is 1. The molecule has 31 heavy (non-hydrogen) atoms. The first kappa shape index (κ1) is 18.9. The molecule has 0 atom stereocenters. The lowest BCUT2D eigenvalue weighted by atomic mass is 9.67. The molecule has 9 heteroatoms. The molecule has 0 spiro atoms. The molecular formula is C22H18N8O. The monoisotopic (exact) mass is 410 g/mol. The molecule has 0 saturated heterocycles. The molecule has 0 aliphatic heterocycles. The van der Waals surface area contributed by atoms with Gasteiger partial charge < -0.3 is 5.11 Å². The van der Waals surface area contributed by atoms with Crippen molar-refractivity contribution in [2.24, 2.45) is 5.92 Å². The van der Waals surface area contributed by atoms with Crippen molar-refractivity contribution in [3.05, 3.63) is 48.5 Å². The van der Waals surface area contributed by atoms with E-state index < -0.39 is 5.54 Å². The van der Waals surface area contributed by atoms with Crippen molar-refractivity contribution in [1.82, 2.24) is 29.9 Å². The Morgan fingerprint density at radius 2 is 2.13 bits per heavy atom. The summed E-state index contributed by atoms with van der Waals surface area (Å²) in [6.07, 6.45) is 6.73. The van der Waals surface area contributed by atoms with Gasteiger partial charge in [-0.25, -0.2) is 4.98 Å². The fourth-order valence-corrected chi connectivity index (χ4v) is 4.29. The van der Waals surface area contributed by atoms with Gasteiger partial charge in [0, 0.05) is 23.3 Å². The molecule has 1 aliphatic rings. The molecule has 4 aromatic rings. The van der Waals surface area contributed by atoms with Crippen molar-refractivity contribution in [2.45, 2.75) is 31.4 Å². The van der Waals surface area contributed by atoms with E-state index in [1.807, 2.05) is 35.1 Å². The molecule has 152 valence electrons. The van der Waals surface area contributed by atoms with E-state index in [1.165, 1.54) is 0 Å². The lowest BCUT2D eigenvalue weighted by molar-refractivity contribution is 0.0884. The van der Waals surface area contributed by atoms with E-state index in [0.29, 0.717) is 47.6 Å². The molecule has 0 amide bonds. The quantitative estimate of drug-likeness (QED) is 0.515. The summed E-state index contributed by atoms with van der Waals surface area (Å²) in [6.45, 7) is -0.183. The Morgan fingerprint density at radius 1 is 1.26 bits per heavy atom. The number of rotatable bonds is 5. The maximum atomic E-state index is 9.61. The van der Waals surface area contributed by atoms with Crippen LogP contribution in [0.25, 0.3) is 33.5 Å². The van der Waals surface area contributed by atoms with E-state index >= 15 is 0 Å². The van der Waals surface area contributed by atoms with Crippen molar-refractivity contribution in [2.75, 3.05) is 0 Å². The summed E-state index contributed by atoms with van der Waals surface area (Å²) in [6, 6.07) is 12.0. The van der Waals surface area contributed by atoms with Gasteiger partial charge in [-0.1, -0.05) is 0 Å². The zero-order valence-electron chi connectivity index (χ0n) is 16.5. The molecule has 1 aliphatic carbocycles. The van der Waals surface area contributed by atoms with Crippen molar-refractivity contribution in [1.29, 1.82) is 10.5 Å². The molecule has 1 saturated carbocycles. The molecular weight excluding hydrogens is 392 g/mol. The van der Waals surface area contributed by atoms with Crippen LogP contribution >= 0.6 is 0 Å². The zero-order valence-corrected chi connectivity index (χ0v) is 16.5. The second-order valence-corrected chi connectivity index (χ2v) is 7.79. The maximum absolute atomic E-state index is 9.61. The molecule has 9 nitrogen and oxygen atoms in total. The van der Waals surface area contributed by atoms with Gasteiger partial charge in [-0.15, -0.1) is 0 Å². The highest BCUT2D eigenvalue weighted by atomic mass is 16.3. The Morgan fingerprint density at radius 3 is 2.90 bits per heavy atom. The second-order valence-electron chi connectivity index (χ2n) is 7.79. The largest absolute Gasteiger partial charge is 0.390 e. The Bertz CT molecular complexity index is 1350. The zero-order chi connectivity index (χ0) is 21.4. The number of aliphatic hydroxyl groups is 1. The van der Waals surface area contributed by atoms with E-state index in [2.05, 4.69) is 27.3 Å². The molecule has 4 aromatic heterocycles. The Balaban J connectivity index is 1.63. The smallest absolute Gasteiger partial charge is 0.111 e. The van der Waals surface area contributed by atoms with Crippen LogP contribution in [0.2, 0.25) is 0 Å². The molecule has 2 N–H and O–H groups in total. The highest BCUT2D eigenvalue weighted by Crippen LogP contribution is 2.46. The van der Waals surface area contributed by atoms with Crippen LogP contribution in [0.4, 0.5) is 0 Å². The molecule has 0 aromatic carbocycles. The average Bonchev–Trinajstić information content (AvgIpc) is 3.45. The van der Waals surface area contributed by atoms with Crippen LogP contribution < -0.4 is 0 Å². The standard InChI is InChI=1S/C22H18N8O/c23-5-4-22(9-14(10-22)11-24)30-7-3-17(29-30)21-15-2-1-6-25-18(15)8-19(27-21)16-12-26-28-20(16)13-31/h1-3,6-8,12,14,31H,4,9-10,13H2,(H,26,28). The van der Waals surface area contributed by atoms with Gasteiger partial charge in [-0.3, -0.25) is 14.8 Å². The van der Waals surface area contributed by atoms with Gasteiger partial charge in [-0.05, 0) is 37.1 Å². The van der Waals surface area contributed by atoms with Gasteiger partial charge in [0.25, 0.3) is 0 Å². The minimum Gasteiger partial charge on any atom is -0.390 e. The maximum Gasteiger partial charge on any atom is 0.111 e. The van der Waals surface area contributed by atoms with Crippen LogP contribution in [0, 0.1) is 28.6 Å². The number of nitrogens with one attached hydrogen (secondary N) is 1. The van der Waals surface area contributed by atoms with Gasteiger partial charge in [0.2, 0.25) is 0 Å². The summed E-state index contributed by atoms with van der Waals surface area (Å²) in [5, 5.41) is 40.5. The van der Waals surface area contributed by atoms with E-state index in [4.69, 9.17) is 10.1 Å². The lowest BCUT2D eigenvalue weighted by Gasteiger charge is -2.43. The van der Waals surface area contributed by atoms with Crippen LogP contribution in [0.5, 0.6) is 0 Å². The first-order chi connectivity index (χ1) is 15.2. The predicted octanol–water partition coefficient (Wildman–Crippen LogP) is 2.92. The summed E-state index contributed by atoms with van der Waals surface area (Å²) in [4.78, 5) is 9.31. The third kappa shape index (κ3) is 3.03. The number of pyridine rings is 2. The second kappa shape index (κ2) is 7.31. The molecule has 4 heterocycles. The molecule has 0 unspecified atom stereocenters. The molecule has 0 radical (unpaired) electrons. The number of hydrogen-bond acceptors (Lipinski definition) is 7. The number of aromatic amines is 1. The highest BCUT2D eigenvalue weighted by Gasteiger charge is 2.46. The predicted molar refractivity (Wildman–Crippen MR) is 111 cm³/mol.